The zero-order chi connectivity index (χ0) is 24.8. The molecule has 178 valence electrons. The van der Waals surface area contributed by atoms with Crippen molar-refractivity contribution in [2.24, 2.45) is 0 Å². The van der Waals surface area contributed by atoms with Gasteiger partial charge in [-0.15, -0.1) is 10.2 Å². The van der Waals surface area contributed by atoms with Gasteiger partial charge >= 0.3 is 0 Å². The second-order valence-electron chi connectivity index (χ2n) is 7.76. The molecular weight excluding hydrogens is 456 g/mol. The van der Waals surface area contributed by atoms with Gasteiger partial charge in [-0.05, 0) is 62.6 Å². The first-order chi connectivity index (χ1) is 16.2. The summed E-state index contributed by atoms with van der Waals surface area (Å²) in [6, 6.07) is 10.0. The second-order valence-corrected chi connectivity index (χ2v) is 8.70. The topological polar surface area (TPSA) is 132 Å². The number of aromatic nitrogens is 3. The first-order valence-corrected chi connectivity index (χ1v) is 11.6. The molecule has 0 aliphatic carbocycles. The predicted molar refractivity (Wildman–Crippen MR) is 131 cm³/mol. The summed E-state index contributed by atoms with van der Waals surface area (Å²) in [4.78, 5) is 35.3. The molecule has 2 N–H and O–H groups in total. The van der Waals surface area contributed by atoms with Gasteiger partial charge in [-0.3, -0.25) is 19.7 Å². The lowest BCUT2D eigenvalue weighted by Crippen LogP contribution is -2.18. The fourth-order valence-electron chi connectivity index (χ4n) is 3.26. The zero-order valence-electron chi connectivity index (χ0n) is 19.4. The summed E-state index contributed by atoms with van der Waals surface area (Å²) in [6.07, 6.45) is 0.0580. The number of hydrogen-bond acceptors (Lipinski definition) is 7. The number of non-ortho nitro benzene ring substituents is 1. The molecule has 0 unspecified atom stereocenters. The van der Waals surface area contributed by atoms with Crippen LogP contribution in [0.4, 0.5) is 17.1 Å². The van der Waals surface area contributed by atoms with Crippen LogP contribution >= 0.6 is 11.8 Å². The number of thioether (sulfide) groups is 1. The fourth-order valence-corrected chi connectivity index (χ4v) is 4.08. The van der Waals surface area contributed by atoms with E-state index in [4.69, 9.17) is 0 Å². The van der Waals surface area contributed by atoms with Gasteiger partial charge in [0.05, 0.1) is 17.1 Å². The molecule has 0 atom stereocenters. The highest BCUT2D eigenvalue weighted by atomic mass is 32.2. The van der Waals surface area contributed by atoms with E-state index >= 15 is 0 Å². The van der Waals surface area contributed by atoms with Gasteiger partial charge < -0.3 is 15.2 Å². The van der Waals surface area contributed by atoms with Crippen molar-refractivity contribution in [3.63, 3.8) is 0 Å². The number of nitro groups is 1. The van der Waals surface area contributed by atoms with Gasteiger partial charge in [0.1, 0.15) is 5.82 Å². The van der Waals surface area contributed by atoms with Crippen molar-refractivity contribution >= 4 is 40.6 Å². The lowest BCUT2D eigenvalue weighted by Gasteiger charge is -2.10. The van der Waals surface area contributed by atoms with Gasteiger partial charge in [0, 0.05) is 30.1 Å². The van der Waals surface area contributed by atoms with Gasteiger partial charge in [0.15, 0.2) is 5.16 Å². The van der Waals surface area contributed by atoms with E-state index in [1.54, 1.807) is 11.5 Å². The van der Waals surface area contributed by atoms with Crippen molar-refractivity contribution < 1.29 is 14.5 Å². The highest BCUT2D eigenvalue weighted by Crippen LogP contribution is 2.23. The van der Waals surface area contributed by atoms with Crippen LogP contribution in [-0.4, -0.2) is 37.3 Å². The number of carbonyl (C=O) groups excluding carboxylic acids is 2. The molecule has 0 fully saturated rings. The van der Waals surface area contributed by atoms with E-state index in [2.05, 4.69) is 20.8 Å². The highest BCUT2D eigenvalue weighted by Gasteiger charge is 2.17. The maximum absolute atomic E-state index is 12.5. The fraction of sp³-hybridized carbons (Fsp3) is 0.304. The Kier molecular flexibility index (Phi) is 8.00. The van der Waals surface area contributed by atoms with E-state index in [1.165, 1.54) is 30.0 Å². The summed E-state index contributed by atoms with van der Waals surface area (Å²) in [5.41, 5.74) is 4.05. The number of anilines is 2. The normalized spacial score (nSPS) is 10.7. The maximum Gasteiger partial charge on any atom is 0.269 e. The molecule has 0 aliphatic rings. The van der Waals surface area contributed by atoms with Crippen molar-refractivity contribution in [3.8, 4) is 0 Å². The van der Waals surface area contributed by atoms with Crippen molar-refractivity contribution in [1.29, 1.82) is 0 Å². The molecular formula is C23H26N6O4S. The summed E-state index contributed by atoms with van der Waals surface area (Å²) in [7, 11) is 0. The molecule has 11 heteroatoms. The number of hydrogen-bond donors (Lipinski definition) is 2. The number of benzene rings is 2. The molecule has 34 heavy (non-hydrogen) atoms. The standard InChI is InChI=1S/C23H26N6O4S/c1-5-28-20(12-21(30)24-17-7-6-14(2)15(3)10-17)26-27-23(28)34-13-22(31)25-19-9-8-18(29(32)33)11-16(19)4/h6-11H,5,12-13H2,1-4H3,(H,24,30)(H,25,31). The van der Waals surface area contributed by atoms with E-state index < -0.39 is 4.92 Å². The van der Waals surface area contributed by atoms with Crippen LogP contribution in [0.2, 0.25) is 0 Å². The van der Waals surface area contributed by atoms with Crippen LogP contribution in [0.3, 0.4) is 0 Å². The van der Waals surface area contributed by atoms with Crippen LogP contribution in [0.1, 0.15) is 29.4 Å². The first-order valence-electron chi connectivity index (χ1n) is 10.6. The summed E-state index contributed by atoms with van der Waals surface area (Å²) in [5, 5.41) is 25.3. The van der Waals surface area contributed by atoms with Crippen molar-refractivity contribution in [2.75, 3.05) is 16.4 Å². The zero-order valence-corrected chi connectivity index (χ0v) is 20.2. The van der Waals surface area contributed by atoms with Crippen molar-refractivity contribution in [2.45, 2.75) is 45.8 Å². The van der Waals surface area contributed by atoms with Gasteiger partial charge in [-0.1, -0.05) is 17.8 Å². The minimum atomic E-state index is -0.480. The average Bonchev–Trinajstić information content (AvgIpc) is 3.17. The Morgan fingerprint density at radius 3 is 2.41 bits per heavy atom. The van der Waals surface area contributed by atoms with E-state index in [0.29, 0.717) is 28.8 Å². The number of aryl methyl sites for hydroxylation is 3. The number of carbonyl (C=O) groups is 2. The highest BCUT2D eigenvalue weighted by molar-refractivity contribution is 7.99. The Morgan fingerprint density at radius 2 is 1.76 bits per heavy atom. The molecule has 10 nitrogen and oxygen atoms in total. The Hall–Kier alpha value is -3.73. The molecule has 3 rings (SSSR count). The molecule has 2 amide bonds. The van der Waals surface area contributed by atoms with Crippen LogP contribution in [0, 0.1) is 30.9 Å². The number of amides is 2. The lowest BCUT2D eigenvalue weighted by atomic mass is 10.1. The van der Waals surface area contributed by atoms with E-state index in [-0.39, 0.29) is 29.7 Å². The number of nitrogens with one attached hydrogen (secondary N) is 2. The number of nitrogens with zero attached hydrogens (tertiary/aromatic N) is 4. The molecule has 0 saturated heterocycles. The third-order valence-corrected chi connectivity index (χ3v) is 6.21. The van der Waals surface area contributed by atoms with E-state index in [9.17, 15) is 19.7 Å². The van der Waals surface area contributed by atoms with Gasteiger partial charge in [0.25, 0.3) is 5.69 Å². The summed E-state index contributed by atoms with van der Waals surface area (Å²) in [6.45, 7) is 8.15. The molecule has 0 spiro atoms. The largest absolute Gasteiger partial charge is 0.326 e. The SMILES string of the molecule is CCn1c(CC(=O)Nc2ccc(C)c(C)c2)nnc1SCC(=O)Nc1ccc([N+](=O)[O-])cc1C. The molecule has 1 heterocycles. The Morgan fingerprint density at radius 1 is 1.00 bits per heavy atom. The number of nitro benzene ring substituents is 1. The van der Waals surface area contributed by atoms with Crippen LogP contribution < -0.4 is 10.6 Å². The molecule has 2 aromatic carbocycles. The smallest absolute Gasteiger partial charge is 0.269 e. The summed E-state index contributed by atoms with van der Waals surface area (Å²) in [5.74, 6) is 0.108. The van der Waals surface area contributed by atoms with Crippen LogP contribution in [0.15, 0.2) is 41.6 Å². The molecule has 0 saturated carbocycles. The molecule has 0 aliphatic heterocycles. The third-order valence-electron chi connectivity index (χ3n) is 5.25. The minimum Gasteiger partial charge on any atom is -0.326 e. The van der Waals surface area contributed by atoms with Gasteiger partial charge in [0.2, 0.25) is 11.8 Å². The second kappa shape index (κ2) is 10.9. The third kappa shape index (κ3) is 6.19. The van der Waals surface area contributed by atoms with E-state index in [1.807, 2.05) is 39.0 Å². The minimum absolute atomic E-state index is 0.0324. The Bertz CT molecular complexity index is 1240. The van der Waals surface area contributed by atoms with E-state index in [0.717, 1.165) is 16.8 Å². The average molecular weight is 483 g/mol. The Labute approximate surface area is 201 Å². The number of rotatable bonds is 9. The summed E-state index contributed by atoms with van der Waals surface area (Å²) < 4.78 is 1.80. The molecule has 3 aromatic rings. The van der Waals surface area contributed by atoms with Crippen LogP contribution in [0.25, 0.3) is 0 Å². The molecule has 1 aromatic heterocycles. The van der Waals surface area contributed by atoms with Gasteiger partial charge in [-0.25, -0.2) is 0 Å². The maximum atomic E-state index is 12.5. The van der Waals surface area contributed by atoms with Crippen LogP contribution in [0.5, 0.6) is 0 Å². The molecule has 0 bridgehead atoms. The predicted octanol–water partition coefficient (Wildman–Crippen LogP) is 4.04. The molecule has 0 radical (unpaired) electrons. The monoisotopic (exact) mass is 482 g/mol. The Balaban J connectivity index is 1.59. The van der Waals surface area contributed by atoms with Gasteiger partial charge in [-0.2, -0.15) is 0 Å². The van der Waals surface area contributed by atoms with Crippen LogP contribution in [-0.2, 0) is 22.6 Å². The lowest BCUT2D eigenvalue weighted by molar-refractivity contribution is -0.384. The van der Waals surface area contributed by atoms with Crippen molar-refractivity contribution in [3.05, 3.63) is 69.0 Å². The quantitative estimate of drug-likeness (QED) is 0.267. The first kappa shape index (κ1) is 24.9. The summed E-state index contributed by atoms with van der Waals surface area (Å²) >= 11 is 1.21. The van der Waals surface area contributed by atoms with Crippen molar-refractivity contribution in [1.82, 2.24) is 14.8 Å².